The van der Waals surface area contributed by atoms with Gasteiger partial charge in [-0.2, -0.15) is 0 Å². The second-order valence-corrected chi connectivity index (χ2v) is 5.75. The molecule has 24 heavy (non-hydrogen) atoms. The van der Waals surface area contributed by atoms with E-state index in [9.17, 15) is 14.0 Å². The second-order valence-electron chi connectivity index (χ2n) is 5.75. The molecule has 2 rings (SSSR count). The Hall–Kier alpha value is -2.56. The molecule has 126 valence electrons. The quantitative estimate of drug-likeness (QED) is 0.606. The van der Waals surface area contributed by atoms with E-state index in [0.717, 1.165) is 6.29 Å². The highest BCUT2D eigenvalue weighted by Crippen LogP contribution is 2.33. The maximum Gasteiger partial charge on any atom is 0.340 e. The summed E-state index contributed by atoms with van der Waals surface area (Å²) in [6, 6.07) is 5.74. The van der Waals surface area contributed by atoms with Crippen molar-refractivity contribution in [3.63, 3.8) is 0 Å². The highest BCUT2D eigenvalue weighted by atomic mass is 19.1. The summed E-state index contributed by atoms with van der Waals surface area (Å²) in [5.41, 5.74) is 2.81. The molecule has 0 radical (unpaired) electrons. The van der Waals surface area contributed by atoms with Gasteiger partial charge in [-0.15, -0.1) is 0 Å². The Balaban J connectivity index is 2.84. The number of esters is 1. The zero-order valence-electron chi connectivity index (χ0n) is 14.2. The number of aryl methyl sites for hydroxylation is 1. The maximum absolute atomic E-state index is 13.2. The van der Waals surface area contributed by atoms with Crippen molar-refractivity contribution in [1.82, 2.24) is 4.98 Å². The Labute approximate surface area is 140 Å². The van der Waals surface area contributed by atoms with Crippen LogP contribution in [-0.2, 0) is 4.74 Å². The Kier molecular flexibility index (Phi) is 5.44. The maximum atomic E-state index is 13.2. The molecule has 0 aliphatic rings. The third-order valence-corrected chi connectivity index (χ3v) is 3.76. The average molecular weight is 329 g/mol. The van der Waals surface area contributed by atoms with Crippen LogP contribution in [0, 0.1) is 12.7 Å². The summed E-state index contributed by atoms with van der Waals surface area (Å²) < 4.78 is 18.4. The molecule has 0 unspecified atom stereocenters. The van der Waals surface area contributed by atoms with Gasteiger partial charge in [0.25, 0.3) is 0 Å². The number of aldehydes is 1. The molecule has 4 nitrogen and oxygen atoms in total. The highest BCUT2D eigenvalue weighted by molar-refractivity contribution is 6.00. The van der Waals surface area contributed by atoms with E-state index in [1.165, 1.54) is 12.1 Å². The lowest BCUT2D eigenvalue weighted by Gasteiger charge is -2.19. The number of nitrogens with zero attached hydrogens (tertiary/aromatic N) is 1. The first-order valence-electron chi connectivity index (χ1n) is 7.83. The predicted octanol–water partition coefficient (Wildman–Crippen LogP) is 4.31. The van der Waals surface area contributed by atoms with Crippen LogP contribution in [-0.4, -0.2) is 23.8 Å². The summed E-state index contributed by atoms with van der Waals surface area (Å²) in [4.78, 5) is 28.5. The van der Waals surface area contributed by atoms with Crippen LogP contribution in [0.1, 0.15) is 58.7 Å². The van der Waals surface area contributed by atoms with Crippen molar-refractivity contribution >= 4 is 12.3 Å². The van der Waals surface area contributed by atoms with Crippen molar-refractivity contribution in [2.24, 2.45) is 0 Å². The van der Waals surface area contributed by atoms with Gasteiger partial charge in [-0.1, -0.05) is 13.8 Å². The molecule has 0 fully saturated rings. The first-order valence-corrected chi connectivity index (χ1v) is 7.83. The summed E-state index contributed by atoms with van der Waals surface area (Å²) in [5, 5.41) is 0. The molecular formula is C19H20FNO3. The first kappa shape index (κ1) is 17.8. The van der Waals surface area contributed by atoms with Gasteiger partial charge in [0.2, 0.25) is 0 Å². The van der Waals surface area contributed by atoms with Gasteiger partial charge >= 0.3 is 5.97 Å². The molecule has 0 N–H and O–H groups in total. The number of hydrogen-bond acceptors (Lipinski definition) is 4. The molecule has 0 amide bonds. The van der Waals surface area contributed by atoms with Crippen LogP contribution >= 0.6 is 0 Å². The first-order chi connectivity index (χ1) is 11.4. The Morgan fingerprint density at radius 1 is 1.29 bits per heavy atom. The van der Waals surface area contributed by atoms with E-state index in [0.29, 0.717) is 28.1 Å². The van der Waals surface area contributed by atoms with Gasteiger partial charge in [0.1, 0.15) is 5.82 Å². The molecular weight excluding hydrogens is 309 g/mol. The lowest BCUT2D eigenvalue weighted by atomic mass is 9.89. The molecule has 5 heteroatoms. The minimum atomic E-state index is -0.531. The van der Waals surface area contributed by atoms with Crippen LogP contribution in [0.5, 0.6) is 0 Å². The zero-order chi connectivity index (χ0) is 17.9. The minimum absolute atomic E-state index is 0.0782. The molecule has 0 atom stereocenters. The number of rotatable bonds is 5. The SMILES string of the molecule is CCOC(=O)c1c(-c2ccc(F)cc2)nc(C)c(C=O)c1C(C)C. The number of aromatic nitrogens is 1. The fraction of sp³-hybridized carbons (Fsp3) is 0.316. The normalized spacial score (nSPS) is 10.8. The van der Waals surface area contributed by atoms with Crippen LogP contribution in [0.3, 0.4) is 0 Å². The smallest absolute Gasteiger partial charge is 0.340 e. The fourth-order valence-corrected chi connectivity index (χ4v) is 2.72. The van der Waals surface area contributed by atoms with Crippen LogP contribution in [0.25, 0.3) is 11.3 Å². The van der Waals surface area contributed by atoms with Crippen molar-refractivity contribution in [1.29, 1.82) is 0 Å². The molecule has 0 aliphatic carbocycles. The van der Waals surface area contributed by atoms with Crippen LogP contribution in [0.4, 0.5) is 4.39 Å². The minimum Gasteiger partial charge on any atom is -0.462 e. The van der Waals surface area contributed by atoms with Crippen molar-refractivity contribution in [2.75, 3.05) is 6.61 Å². The molecule has 2 aromatic rings. The Bertz CT molecular complexity index is 767. The average Bonchev–Trinajstić information content (AvgIpc) is 2.54. The number of pyridine rings is 1. The molecule has 0 bridgehead atoms. The van der Waals surface area contributed by atoms with E-state index in [4.69, 9.17) is 4.74 Å². The topological polar surface area (TPSA) is 56.3 Å². The van der Waals surface area contributed by atoms with E-state index in [1.807, 2.05) is 13.8 Å². The molecule has 1 aromatic heterocycles. The Morgan fingerprint density at radius 2 is 1.92 bits per heavy atom. The predicted molar refractivity (Wildman–Crippen MR) is 89.8 cm³/mol. The van der Waals surface area contributed by atoms with Gasteiger partial charge in [0.05, 0.1) is 17.9 Å². The third-order valence-electron chi connectivity index (χ3n) is 3.76. The number of carbonyl (C=O) groups is 2. The molecule has 0 saturated carbocycles. The number of benzene rings is 1. The lowest BCUT2D eigenvalue weighted by molar-refractivity contribution is 0.0525. The van der Waals surface area contributed by atoms with Crippen LogP contribution in [0.2, 0.25) is 0 Å². The second kappa shape index (κ2) is 7.34. The molecule has 0 aliphatic heterocycles. The standard InChI is InChI=1S/C19H20FNO3/c1-5-24-19(23)17-16(11(2)3)15(10-22)12(4)21-18(17)13-6-8-14(20)9-7-13/h6-11H,5H2,1-4H3. The van der Waals surface area contributed by atoms with Gasteiger partial charge in [0, 0.05) is 16.8 Å². The van der Waals surface area contributed by atoms with Crippen LogP contribution < -0.4 is 0 Å². The number of hydrogen-bond donors (Lipinski definition) is 0. The van der Waals surface area contributed by atoms with E-state index < -0.39 is 5.97 Å². The number of carbonyl (C=O) groups excluding carboxylic acids is 2. The third kappa shape index (κ3) is 3.35. The van der Waals surface area contributed by atoms with Crippen molar-refractivity contribution in [3.05, 3.63) is 52.5 Å². The van der Waals surface area contributed by atoms with Crippen molar-refractivity contribution in [2.45, 2.75) is 33.6 Å². The van der Waals surface area contributed by atoms with Gasteiger partial charge in [-0.3, -0.25) is 9.78 Å². The van der Waals surface area contributed by atoms with E-state index in [2.05, 4.69) is 4.98 Å². The summed E-state index contributed by atoms with van der Waals surface area (Å²) in [6.45, 7) is 7.45. The number of ether oxygens (including phenoxy) is 1. The van der Waals surface area contributed by atoms with Gasteiger partial charge in [-0.05, 0) is 49.6 Å². The summed E-state index contributed by atoms with van der Waals surface area (Å²) in [5.74, 6) is -0.983. The summed E-state index contributed by atoms with van der Waals surface area (Å²) in [7, 11) is 0. The fourth-order valence-electron chi connectivity index (χ4n) is 2.72. The van der Waals surface area contributed by atoms with Gasteiger partial charge < -0.3 is 4.74 Å². The van der Waals surface area contributed by atoms with E-state index in [-0.39, 0.29) is 23.9 Å². The summed E-state index contributed by atoms with van der Waals surface area (Å²) >= 11 is 0. The van der Waals surface area contributed by atoms with Crippen LogP contribution in [0.15, 0.2) is 24.3 Å². The zero-order valence-corrected chi connectivity index (χ0v) is 14.2. The van der Waals surface area contributed by atoms with Crippen molar-refractivity contribution < 1.29 is 18.7 Å². The van der Waals surface area contributed by atoms with Crippen molar-refractivity contribution in [3.8, 4) is 11.3 Å². The Morgan fingerprint density at radius 3 is 2.42 bits per heavy atom. The monoisotopic (exact) mass is 329 g/mol. The van der Waals surface area contributed by atoms with Gasteiger partial charge in [0.15, 0.2) is 6.29 Å². The number of halogens is 1. The summed E-state index contributed by atoms with van der Waals surface area (Å²) in [6.07, 6.45) is 0.717. The largest absolute Gasteiger partial charge is 0.462 e. The molecule has 1 aromatic carbocycles. The molecule has 0 saturated heterocycles. The van der Waals surface area contributed by atoms with Gasteiger partial charge in [-0.25, -0.2) is 9.18 Å². The van der Waals surface area contributed by atoms with E-state index >= 15 is 0 Å². The highest BCUT2D eigenvalue weighted by Gasteiger charge is 2.26. The molecule has 0 spiro atoms. The van der Waals surface area contributed by atoms with E-state index in [1.54, 1.807) is 26.0 Å². The lowest BCUT2D eigenvalue weighted by Crippen LogP contribution is -2.16. The molecule has 1 heterocycles.